The number of ether oxygens (including phenoxy) is 1. The summed E-state index contributed by atoms with van der Waals surface area (Å²) in [7, 11) is -2.60. The Labute approximate surface area is 253 Å². The third-order valence-corrected chi connectivity index (χ3v) is 9.51. The lowest BCUT2D eigenvalue weighted by atomic mass is 9.97. The minimum Gasteiger partial charge on any atom is -0.480 e. The molecule has 4 rings (SSSR count). The number of nitrogens with zero attached hydrogens (tertiary/aromatic N) is 2. The summed E-state index contributed by atoms with van der Waals surface area (Å²) in [6.07, 6.45) is -0.106. The highest BCUT2D eigenvalue weighted by atomic mass is 35.5. The quantitative estimate of drug-likeness (QED) is 0.339. The van der Waals surface area contributed by atoms with Crippen molar-refractivity contribution in [3.05, 3.63) is 88.4 Å². The van der Waals surface area contributed by atoms with E-state index in [-0.39, 0.29) is 40.1 Å². The molecule has 0 bridgehead atoms. The second-order valence-electron chi connectivity index (χ2n) is 10.0. The van der Waals surface area contributed by atoms with E-state index < -0.39 is 39.6 Å². The van der Waals surface area contributed by atoms with Gasteiger partial charge in [0.05, 0.1) is 4.90 Å². The first-order valence-corrected chi connectivity index (χ1v) is 15.1. The van der Waals surface area contributed by atoms with Gasteiger partial charge in [0, 0.05) is 35.7 Å². The molecular formula is C29H29Cl2N3O7S. The van der Waals surface area contributed by atoms with Crippen LogP contribution in [-0.2, 0) is 26.0 Å². The number of carboxylic acids is 1. The van der Waals surface area contributed by atoms with E-state index in [4.69, 9.17) is 27.9 Å². The van der Waals surface area contributed by atoms with E-state index in [2.05, 4.69) is 5.32 Å². The first kappa shape index (κ1) is 31.3. The van der Waals surface area contributed by atoms with E-state index in [1.54, 1.807) is 43.4 Å². The highest BCUT2D eigenvalue weighted by molar-refractivity contribution is 7.89. The van der Waals surface area contributed by atoms with Crippen molar-refractivity contribution < 1.29 is 32.6 Å². The van der Waals surface area contributed by atoms with Crippen LogP contribution < -0.4 is 15.0 Å². The standard InChI is InChI=1S/C29H29Cl2N3O7S/c1-29(13-6-14-34(29)42(39,40)24-17-20(30)16-21(31)18-24)27(37)32-25(26(35)36)15-19-9-11-23(12-10-19)41-28(38)33(2)22-7-4-3-5-8-22/h3-5,7-12,16-18,25H,6,13-15H2,1-2H3,(H,32,37)(H,35,36)/t25-,29-/m0/s1. The van der Waals surface area contributed by atoms with Crippen LogP contribution in [0.4, 0.5) is 10.5 Å². The smallest absolute Gasteiger partial charge is 0.419 e. The maximum atomic E-state index is 13.5. The molecule has 1 fully saturated rings. The molecule has 2 amide bonds. The highest BCUT2D eigenvalue weighted by Gasteiger charge is 2.50. The third kappa shape index (κ3) is 6.87. The van der Waals surface area contributed by atoms with Crippen molar-refractivity contribution in [1.82, 2.24) is 9.62 Å². The molecule has 13 heteroatoms. The van der Waals surface area contributed by atoms with Crippen LogP contribution in [0.2, 0.25) is 10.0 Å². The number of hydrogen-bond donors (Lipinski definition) is 2. The van der Waals surface area contributed by atoms with Gasteiger partial charge in [0.15, 0.2) is 0 Å². The van der Waals surface area contributed by atoms with E-state index in [1.165, 1.54) is 42.2 Å². The van der Waals surface area contributed by atoms with Crippen LogP contribution >= 0.6 is 23.2 Å². The molecule has 1 heterocycles. The number of halogens is 2. The third-order valence-electron chi connectivity index (χ3n) is 7.08. The predicted molar refractivity (Wildman–Crippen MR) is 159 cm³/mol. The molecule has 3 aromatic rings. The van der Waals surface area contributed by atoms with Crippen molar-refractivity contribution in [3.8, 4) is 5.75 Å². The lowest BCUT2D eigenvalue weighted by molar-refractivity contribution is -0.143. The van der Waals surface area contributed by atoms with Gasteiger partial charge in [-0.3, -0.25) is 9.69 Å². The Balaban J connectivity index is 1.45. The van der Waals surface area contributed by atoms with Crippen LogP contribution in [0.15, 0.2) is 77.7 Å². The number of para-hydroxylation sites is 1. The number of rotatable bonds is 9. The molecule has 10 nitrogen and oxygen atoms in total. The molecule has 1 aliphatic heterocycles. The highest BCUT2D eigenvalue weighted by Crippen LogP contribution is 2.36. The van der Waals surface area contributed by atoms with Crippen molar-refractivity contribution in [3.63, 3.8) is 0 Å². The summed E-state index contributed by atoms with van der Waals surface area (Å²) in [5, 5.41) is 12.6. The van der Waals surface area contributed by atoms with Crippen molar-refractivity contribution in [2.75, 3.05) is 18.5 Å². The van der Waals surface area contributed by atoms with E-state index in [9.17, 15) is 27.9 Å². The molecule has 1 aliphatic rings. The number of carbonyl (C=O) groups is 3. The second kappa shape index (κ2) is 12.7. The number of amides is 2. The minimum atomic E-state index is -4.18. The first-order chi connectivity index (χ1) is 19.8. The minimum absolute atomic E-state index is 0.0633. The second-order valence-corrected chi connectivity index (χ2v) is 12.8. The summed E-state index contributed by atoms with van der Waals surface area (Å²) in [5.74, 6) is -1.78. The van der Waals surface area contributed by atoms with Gasteiger partial charge in [-0.15, -0.1) is 0 Å². The zero-order chi connectivity index (χ0) is 30.7. The number of anilines is 1. The van der Waals surface area contributed by atoms with Gasteiger partial charge >= 0.3 is 12.1 Å². The monoisotopic (exact) mass is 633 g/mol. The summed E-state index contributed by atoms with van der Waals surface area (Å²) < 4.78 is 33.4. The van der Waals surface area contributed by atoms with Crippen LogP contribution in [0.3, 0.4) is 0 Å². The normalized spacial score (nSPS) is 17.8. The van der Waals surface area contributed by atoms with Crippen LogP contribution in [0.5, 0.6) is 5.75 Å². The van der Waals surface area contributed by atoms with Crippen LogP contribution in [-0.4, -0.2) is 61.0 Å². The molecule has 0 aliphatic carbocycles. The van der Waals surface area contributed by atoms with Crippen LogP contribution in [0.1, 0.15) is 25.3 Å². The number of sulfonamides is 1. The largest absolute Gasteiger partial charge is 0.480 e. The number of aliphatic carboxylic acids is 1. The number of benzene rings is 3. The van der Waals surface area contributed by atoms with Crippen molar-refractivity contribution in [2.45, 2.75) is 42.7 Å². The first-order valence-electron chi connectivity index (χ1n) is 12.9. The Hall–Kier alpha value is -3.64. The average molecular weight is 635 g/mol. The molecule has 0 radical (unpaired) electrons. The topological polar surface area (TPSA) is 133 Å². The van der Waals surface area contributed by atoms with Gasteiger partial charge in [0.2, 0.25) is 15.9 Å². The Kier molecular flexibility index (Phi) is 9.47. The zero-order valence-electron chi connectivity index (χ0n) is 22.8. The Bertz CT molecular complexity index is 1570. The van der Waals surface area contributed by atoms with E-state index in [0.717, 1.165) is 4.31 Å². The maximum absolute atomic E-state index is 13.5. The molecule has 42 heavy (non-hydrogen) atoms. The summed E-state index contributed by atoms with van der Waals surface area (Å²) >= 11 is 12.0. The number of nitrogens with one attached hydrogen (secondary N) is 1. The molecule has 1 saturated heterocycles. The Morgan fingerprint density at radius 3 is 2.26 bits per heavy atom. The van der Waals surface area contributed by atoms with Gasteiger partial charge in [-0.1, -0.05) is 53.5 Å². The molecular weight excluding hydrogens is 605 g/mol. The molecule has 0 aromatic heterocycles. The SMILES string of the molecule is CN(C(=O)Oc1ccc(C[C@H](NC(=O)[C@]2(C)CCCN2S(=O)(=O)c2cc(Cl)cc(Cl)c2)C(=O)O)cc1)c1ccccc1. The lowest BCUT2D eigenvalue weighted by Gasteiger charge is -2.34. The van der Waals surface area contributed by atoms with Crippen molar-refractivity contribution in [2.24, 2.45) is 0 Å². The number of carbonyl (C=O) groups excluding carboxylic acids is 2. The van der Waals surface area contributed by atoms with Gasteiger partial charge in [-0.2, -0.15) is 4.31 Å². The molecule has 0 unspecified atom stereocenters. The van der Waals surface area contributed by atoms with Gasteiger partial charge in [-0.25, -0.2) is 18.0 Å². The average Bonchev–Trinajstić information content (AvgIpc) is 3.36. The maximum Gasteiger partial charge on any atom is 0.419 e. The van der Waals surface area contributed by atoms with Gasteiger partial charge < -0.3 is 15.2 Å². The lowest BCUT2D eigenvalue weighted by Crippen LogP contribution is -2.58. The molecule has 2 N–H and O–H groups in total. The number of hydrogen-bond acceptors (Lipinski definition) is 6. The van der Waals surface area contributed by atoms with Gasteiger partial charge in [-0.05, 0) is 67.8 Å². The van der Waals surface area contributed by atoms with Gasteiger partial charge in [0.1, 0.15) is 17.3 Å². The Morgan fingerprint density at radius 1 is 1.05 bits per heavy atom. The Morgan fingerprint density at radius 2 is 1.67 bits per heavy atom. The predicted octanol–water partition coefficient (Wildman–Crippen LogP) is 4.98. The molecule has 2 atom stereocenters. The van der Waals surface area contributed by atoms with E-state index in [0.29, 0.717) is 17.7 Å². The van der Waals surface area contributed by atoms with Crippen LogP contribution in [0, 0.1) is 0 Å². The fraction of sp³-hybridized carbons (Fsp3) is 0.276. The summed E-state index contributed by atoms with van der Waals surface area (Å²) in [6, 6.07) is 17.7. The number of carboxylic acid groups (broad SMARTS) is 1. The molecule has 222 valence electrons. The van der Waals surface area contributed by atoms with E-state index >= 15 is 0 Å². The van der Waals surface area contributed by atoms with Crippen molar-refractivity contribution >= 4 is 56.9 Å². The summed E-state index contributed by atoms with van der Waals surface area (Å²) in [5.41, 5.74) is -0.337. The zero-order valence-corrected chi connectivity index (χ0v) is 25.1. The fourth-order valence-electron chi connectivity index (χ4n) is 4.72. The summed E-state index contributed by atoms with van der Waals surface area (Å²) in [4.78, 5) is 39.2. The molecule has 3 aromatic carbocycles. The summed E-state index contributed by atoms with van der Waals surface area (Å²) in [6.45, 7) is 1.53. The molecule has 0 saturated carbocycles. The van der Waals surface area contributed by atoms with Crippen LogP contribution in [0.25, 0.3) is 0 Å². The molecule has 0 spiro atoms. The fourth-order valence-corrected chi connectivity index (χ4v) is 7.26. The van der Waals surface area contributed by atoms with E-state index in [1.807, 2.05) is 6.07 Å². The van der Waals surface area contributed by atoms with Gasteiger partial charge in [0.25, 0.3) is 0 Å². The van der Waals surface area contributed by atoms with Crippen molar-refractivity contribution in [1.29, 1.82) is 0 Å².